The van der Waals surface area contributed by atoms with Gasteiger partial charge in [0.15, 0.2) is 0 Å². The molecule has 0 aromatic heterocycles. The van der Waals surface area contributed by atoms with Gasteiger partial charge in [0.05, 0.1) is 0 Å². The fourth-order valence-electron chi connectivity index (χ4n) is 3.64. The molecule has 3 rings (SSSR count). The predicted octanol–water partition coefficient (Wildman–Crippen LogP) is 4.41. The third kappa shape index (κ3) is 4.21. The summed E-state index contributed by atoms with van der Waals surface area (Å²) >= 11 is 0. The number of likely N-dealkylation sites (tertiary alicyclic amines) is 1. The van der Waals surface area contributed by atoms with Gasteiger partial charge in [0.2, 0.25) is 5.91 Å². The van der Waals surface area contributed by atoms with Crippen molar-refractivity contribution in [2.24, 2.45) is 5.92 Å². The monoisotopic (exact) mass is 364 g/mol. The van der Waals surface area contributed by atoms with Gasteiger partial charge in [0.1, 0.15) is 0 Å². The molecule has 1 saturated heterocycles. The number of amides is 2. The van der Waals surface area contributed by atoms with Gasteiger partial charge >= 0.3 is 0 Å². The van der Waals surface area contributed by atoms with Crippen LogP contribution in [0.3, 0.4) is 0 Å². The minimum absolute atomic E-state index is 0.0483. The Hall–Kier alpha value is -2.62. The Kier molecular flexibility index (Phi) is 5.64. The molecule has 0 radical (unpaired) electrons. The Morgan fingerprint density at radius 1 is 0.889 bits per heavy atom. The Bertz CT molecular complexity index is 844. The molecule has 2 aromatic carbocycles. The van der Waals surface area contributed by atoms with Crippen LogP contribution in [0.5, 0.6) is 0 Å². The van der Waals surface area contributed by atoms with E-state index in [9.17, 15) is 9.59 Å². The molecule has 27 heavy (non-hydrogen) atoms. The normalized spacial score (nSPS) is 14.9. The second kappa shape index (κ2) is 7.95. The number of carbonyl (C=O) groups is 2. The molecular weight excluding hydrogens is 336 g/mol. The predicted molar refractivity (Wildman–Crippen MR) is 109 cm³/mol. The summed E-state index contributed by atoms with van der Waals surface area (Å²) in [5, 5.41) is 3.10. The first-order valence-electron chi connectivity index (χ1n) is 9.60. The first-order chi connectivity index (χ1) is 12.9. The van der Waals surface area contributed by atoms with Crippen LogP contribution in [0.4, 0.5) is 5.69 Å². The molecule has 1 aliphatic heterocycles. The van der Waals surface area contributed by atoms with E-state index in [2.05, 4.69) is 5.32 Å². The Morgan fingerprint density at radius 3 is 2.11 bits per heavy atom. The Balaban J connectivity index is 1.60. The molecular formula is C23H28N2O2. The van der Waals surface area contributed by atoms with Crippen molar-refractivity contribution in [2.75, 3.05) is 18.4 Å². The van der Waals surface area contributed by atoms with Crippen LogP contribution in [0, 0.1) is 33.6 Å². The summed E-state index contributed by atoms with van der Waals surface area (Å²) in [6.07, 6.45) is 1.40. The van der Waals surface area contributed by atoms with Crippen LogP contribution in [-0.4, -0.2) is 29.8 Å². The number of nitrogens with one attached hydrogen (secondary N) is 1. The molecule has 2 aromatic rings. The van der Waals surface area contributed by atoms with Gasteiger partial charge in [-0.3, -0.25) is 9.59 Å². The Labute approximate surface area is 161 Å². The summed E-state index contributed by atoms with van der Waals surface area (Å²) in [6.45, 7) is 9.33. The molecule has 0 unspecified atom stereocenters. The third-order valence-corrected chi connectivity index (χ3v) is 5.64. The van der Waals surface area contributed by atoms with Crippen LogP contribution in [-0.2, 0) is 4.79 Å². The summed E-state index contributed by atoms with van der Waals surface area (Å²) in [7, 11) is 0. The number of rotatable bonds is 3. The molecule has 2 amide bonds. The number of carbonyl (C=O) groups excluding carboxylic acids is 2. The van der Waals surface area contributed by atoms with E-state index in [0.29, 0.717) is 25.9 Å². The molecule has 4 nitrogen and oxygen atoms in total. The van der Waals surface area contributed by atoms with E-state index in [4.69, 9.17) is 0 Å². The van der Waals surface area contributed by atoms with Crippen molar-refractivity contribution < 1.29 is 9.59 Å². The maximum atomic E-state index is 12.7. The molecule has 0 aliphatic carbocycles. The molecule has 4 heteroatoms. The fourth-order valence-corrected chi connectivity index (χ4v) is 3.64. The lowest BCUT2D eigenvalue weighted by Gasteiger charge is -2.31. The van der Waals surface area contributed by atoms with Gasteiger partial charge < -0.3 is 10.2 Å². The lowest BCUT2D eigenvalue weighted by atomic mass is 9.94. The SMILES string of the molecule is Cc1ccc(C(=O)N2CCC(C(=O)Nc3c(C)cccc3C)CC2)cc1C. The van der Waals surface area contributed by atoms with Crippen LogP contribution in [0.2, 0.25) is 0 Å². The highest BCUT2D eigenvalue weighted by atomic mass is 16.2. The average Bonchev–Trinajstić information content (AvgIpc) is 2.66. The van der Waals surface area contributed by atoms with Gasteiger partial charge in [0.25, 0.3) is 5.91 Å². The second-order valence-electron chi connectivity index (χ2n) is 7.62. The van der Waals surface area contributed by atoms with E-state index in [1.54, 1.807) is 0 Å². The van der Waals surface area contributed by atoms with Gasteiger partial charge in [-0.05, 0) is 74.9 Å². The van der Waals surface area contributed by atoms with E-state index in [-0.39, 0.29) is 17.7 Å². The molecule has 0 bridgehead atoms. The number of hydrogen-bond donors (Lipinski definition) is 1. The first-order valence-corrected chi connectivity index (χ1v) is 9.60. The molecule has 142 valence electrons. The third-order valence-electron chi connectivity index (χ3n) is 5.64. The van der Waals surface area contributed by atoms with E-state index < -0.39 is 0 Å². The molecule has 1 fully saturated rings. The standard InChI is InChI=1S/C23H28N2O2/c1-15-8-9-20(14-18(15)4)23(27)25-12-10-19(11-13-25)22(26)24-21-16(2)6-5-7-17(21)3/h5-9,14,19H,10-13H2,1-4H3,(H,24,26). The molecule has 1 N–H and O–H groups in total. The van der Waals surface area contributed by atoms with E-state index in [1.807, 2.05) is 69.0 Å². The number of benzene rings is 2. The maximum Gasteiger partial charge on any atom is 0.253 e. The zero-order valence-electron chi connectivity index (χ0n) is 16.6. The fraction of sp³-hybridized carbons (Fsp3) is 0.391. The van der Waals surface area contributed by atoms with Gasteiger partial charge in [-0.25, -0.2) is 0 Å². The second-order valence-corrected chi connectivity index (χ2v) is 7.62. The Morgan fingerprint density at radius 2 is 1.52 bits per heavy atom. The van der Waals surface area contributed by atoms with Crippen molar-refractivity contribution in [1.29, 1.82) is 0 Å². The van der Waals surface area contributed by atoms with Crippen molar-refractivity contribution in [3.63, 3.8) is 0 Å². The number of piperidine rings is 1. The van der Waals surface area contributed by atoms with Crippen LogP contribution in [0.1, 0.15) is 45.5 Å². The highest BCUT2D eigenvalue weighted by Crippen LogP contribution is 2.24. The van der Waals surface area contributed by atoms with Gasteiger partial charge in [-0.15, -0.1) is 0 Å². The zero-order valence-corrected chi connectivity index (χ0v) is 16.6. The number of para-hydroxylation sites is 1. The molecule has 0 spiro atoms. The van der Waals surface area contributed by atoms with Crippen molar-refractivity contribution in [3.05, 3.63) is 64.2 Å². The van der Waals surface area contributed by atoms with Crippen molar-refractivity contribution in [2.45, 2.75) is 40.5 Å². The lowest BCUT2D eigenvalue weighted by molar-refractivity contribution is -0.121. The van der Waals surface area contributed by atoms with Crippen molar-refractivity contribution in [1.82, 2.24) is 4.90 Å². The van der Waals surface area contributed by atoms with Crippen LogP contribution in [0.15, 0.2) is 36.4 Å². The minimum atomic E-state index is -0.0483. The quantitative estimate of drug-likeness (QED) is 0.877. The molecule has 1 heterocycles. The smallest absolute Gasteiger partial charge is 0.253 e. The topological polar surface area (TPSA) is 49.4 Å². The summed E-state index contributed by atoms with van der Waals surface area (Å²) in [5.41, 5.74) is 6.11. The highest BCUT2D eigenvalue weighted by Gasteiger charge is 2.28. The maximum absolute atomic E-state index is 12.7. The van der Waals surface area contributed by atoms with Gasteiger partial charge in [-0.1, -0.05) is 24.3 Å². The molecule has 0 atom stereocenters. The van der Waals surface area contributed by atoms with E-state index >= 15 is 0 Å². The molecule has 0 saturated carbocycles. The number of hydrogen-bond acceptors (Lipinski definition) is 2. The van der Waals surface area contributed by atoms with Crippen LogP contribution in [0.25, 0.3) is 0 Å². The summed E-state index contributed by atoms with van der Waals surface area (Å²) in [4.78, 5) is 27.3. The lowest BCUT2D eigenvalue weighted by Crippen LogP contribution is -2.41. The van der Waals surface area contributed by atoms with Crippen molar-refractivity contribution >= 4 is 17.5 Å². The minimum Gasteiger partial charge on any atom is -0.339 e. The summed E-state index contributed by atoms with van der Waals surface area (Å²) < 4.78 is 0. The summed E-state index contributed by atoms with van der Waals surface area (Å²) in [6, 6.07) is 11.9. The number of aryl methyl sites for hydroxylation is 4. The molecule has 1 aliphatic rings. The van der Waals surface area contributed by atoms with E-state index in [1.165, 1.54) is 5.56 Å². The highest BCUT2D eigenvalue weighted by molar-refractivity contribution is 5.96. The van der Waals surface area contributed by atoms with E-state index in [0.717, 1.165) is 27.9 Å². The largest absolute Gasteiger partial charge is 0.339 e. The first kappa shape index (κ1) is 19.2. The van der Waals surface area contributed by atoms with Crippen LogP contribution >= 0.6 is 0 Å². The summed E-state index contributed by atoms with van der Waals surface area (Å²) in [5.74, 6) is 0.0743. The number of anilines is 1. The average molecular weight is 364 g/mol. The van der Waals surface area contributed by atoms with Crippen LogP contribution < -0.4 is 5.32 Å². The van der Waals surface area contributed by atoms with Gasteiger partial charge in [-0.2, -0.15) is 0 Å². The van der Waals surface area contributed by atoms with Gasteiger partial charge in [0, 0.05) is 30.3 Å². The van der Waals surface area contributed by atoms with Crippen molar-refractivity contribution in [3.8, 4) is 0 Å². The zero-order chi connectivity index (χ0) is 19.6. The number of nitrogens with zero attached hydrogens (tertiary/aromatic N) is 1.